The van der Waals surface area contributed by atoms with Crippen LogP contribution in [-0.4, -0.2) is 9.36 Å². The van der Waals surface area contributed by atoms with Crippen LogP contribution in [0.4, 0.5) is 18.3 Å². The second-order valence-electron chi connectivity index (χ2n) is 3.76. The van der Waals surface area contributed by atoms with Crippen LogP contribution in [0.15, 0.2) is 24.3 Å². The normalized spacial score (nSPS) is 11.6. The van der Waals surface area contributed by atoms with E-state index < -0.39 is 12.0 Å². The minimum Gasteiger partial charge on any atom is -0.356 e. The number of aryl methyl sites for hydroxylation is 1. The second-order valence-corrected chi connectivity index (χ2v) is 4.51. The largest absolute Gasteiger partial charge is 0.452 e. The number of nitrogens with one attached hydrogen (secondary N) is 1. The van der Waals surface area contributed by atoms with Gasteiger partial charge in [-0.2, -0.15) is 22.5 Å². The van der Waals surface area contributed by atoms with E-state index in [1.807, 2.05) is 31.2 Å². The summed E-state index contributed by atoms with van der Waals surface area (Å²) in [5.74, 6) is -1.10. The van der Waals surface area contributed by atoms with E-state index in [9.17, 15) is 13.2 Å². The fourth-order valence-electron chi connectivity index (χ4n) is 1.29. The van der Waals surface area contributed by atoms with Gasteiger partial charge in [0.05, 0.1) is 0 Å². The van der Waals surface area contributed by atoms with Gasteiger partial charge in [0.1, 0.15) is 0 Å². The Hall–Kier alpha value is -1.63. The fourth-order valence-corrected chi connectivity index (χ4v) is 1.88. The standard InChI is InChI=1S/C11H10F3N3S/c1-7-2-4-8(5-3-7)6-15-10-16-9(17-18-10)11(12,13)14/h2-5H,6H2,1H3,(H,15,16,17). The maximum absolute atomic E-state index is 12.3. The van der Waals surface area contributed by atoms with Crippen LogP contribution in [0, 0.1) is 6.92 Å². The topological polar surface area (TPSA) is 37.8 Å². The molecule has 0 aliphatic carbocycles. The molecule has 96 valence electrons. The predicted octanol–water partition coefficient (Wildman–Crippen LogP) is 3.48. The number of halogens is 3. The van der Waals surface area contributed by atoms with Gasteiger partial charge in [-0.1, -0.05) is 29.8 Å². The van der Waals surface area contributed by atoms with Gasteiger partial charge in [0, 0.05) is 18.1 Å². The zero-order valence-electron chi connectivity index (χ0n) is 9.45. The molecule has 1 N–H and O–H groups in total. The third-order valence-electron chi connectivity index (χ3n) is 2.24. The molecular weight excluding hydrogens is 263 g/mol. The van der Waals surface area contributed by atoms with E-state index in [0.717, 1.165) is 11.1 Å². The van der Waals surface area contributed by atoms with Crippen LogP contribution in [0.2, 0.25) is 0 Å². The van der Waals surface area contributed by atoms with Crippen molar-refractivity contribution in [3.8, 4) is 0 Å². The highest BCUT2D eigenvalue weighted by molar-refractivity contribution is 7.09. The first-order valence-electron chi connectivity index (χ1n) is 5.15. The van der Waals surface area contributed by atoms with Crippen molar-refractivity contribution in [1.29, 1.82) is 0 Å². The summed E-state index contributed by atoms with van der Waals surface area (Å²) < 4.78 is 40.0. The van der Waals surface area contributed by atoms with E-state index in [1.54, 1.807) is 0 Å². The number of hydrogen-bond donors (Lipinski definition) is 1. The van der Waals surface area contributed by atoms with Crippen molar-refractivity contribution in [2.24, 2.45) is 0 Å². The molecule has 0 atom stereocenters. The fraction of sp³-hybridized carbons (Fsp3) is 0.273. The van der Waals surface area contributed by atoms with Gasteiger partial charge in [0.2, 0.25) is 11.0 Å². The smallest absolute Gasteiger partial charge is 0.356 e. The number of rotatable bonds is 3. The zero-order chi connectivity index (χ0) is 13.2. The Morgan fingerprint density at radius 2 is 1.89 bits per heavy atom. The molecule has 1 aromatic heterocycles. The summed E-state index contributed by atoms with van der Waals surface area (Å²) in [6, 6.07) is 7.71. The molecule has 0 saturated heterocycles. The van der Waals surface area contributed by atoms with Crippen LogP contribution in [0.5, 0.6) is 0 Å². The number of benzene rings is 1. The Morgan fingerprint density at radius 3 is 2.44 bits per heavy atom. The maximum atomic E-state index is 12.3. The molecule has 7 heteroatoms. The lowest BCUT2D eigenvalue weighted by molar-refractivity contribution is -0.144. The van der Waals surface area contributed by atoms with Crippen LogP contribution in [0.25, 0.3) is 0 Å². The van der Waals surface area contributed by atoms with Gasteiger partial charge < -0.3 is 5.32 Å². The highest BCUT2D eigenvalue weighted by atomic mass is 32.1. The summed E-state index contributed by atoms with van der Waals surface area (Å²) >= 11 is 0.707. The summed E-state index contributed by atoms with van der Waals surface area (Å²) in [5, 5.41) is 2.99. The SMILES string of the molecule is Cc1ccc(CNc2nc(C(F)(F)F)ns2)cc1. The molecule has 0 fully saturated rings. The molecule has 0 spiro atoms. The van der Waals surface area contributed by atoms with E-state index in [2.05, 4.69) is 14.7 Å². The number of anilines is 1. The Labute approximate surface area is 106 Å². The Bertz CT molecular complexity index is 519. The average molecular weight is 273 g/mol. The molecule has 2 aromatic rings. The van der Waals surface area contributed by atoms with E-state index in [-0.39, 0.29) is 5.13 Å². The van der Waals surface area contributed by atoms with Gasteiger partial charge in [0.25, 0.3) is 0 Å². The van der Waals surface area contributed by atoms with Gasteiger partial charge in [-0.05, 0) is 12.5 Å². The van der Waals surface area contributed by atoms with Crippen molar-refractivity contribution < 1.29 is 13.2 Å². The predicted molar refractivity (Wildman–Crippen MR) is 63.4 cm³/mol. The zero-order valence-corrected chi connectivity index (χ0v) is 10.3. The molecule has 1 aromatic carbocycles. The van der Waals surface area contributed by atoms with Crippen LogP contribution in [-0.2, 0) is 12.7 Å². The minimum absolute atomic E-state index is 0.169. The molecule has 1 heterocycles. The quantitative estimate of drug-likeness (QED) is 0.930. The number of hydrogen-bond acceptors (Lipinski definition) is 4. The number of aromatic nitrogens is 2. The van der Waals surface area contributed by atoms with Crippen LogP contribution in [0.1, 0.15) is 17.0 Å². The van der Waals surface area contributed by atoms with Gasteiger partial charge in [-0.3, -0.25) is 0 Å². The maximum Gasteiger partial charge on any atom is 0.452 e. The lowest BCUT2D eigenvalue weighted by Gasteiger charge is -2.03. The molecular formula is C11H10F3N3S. The molecule has 18 heavy (non-hydrogen) atoms. The van der Waals surface area contributed by atoms with Crippen molar-refractivity contribution in [2.45, 2.75) is 19.6 Å². The molecule has 0 unspecified atom stereocenters. The van der Waals surface area contributed by atoms with Crippen molar-refractivity contribution in [2.75, 3.05) is 5.32 Å². The summed E-state index contributed by atoms with van der Waals surface area (Å²) in [4.78, 5) is 3.39. The molecule has 0 bridgehead atoms. The van der Waals surface area contributed by atoms with E-state index in [0.29, 0.717) is 18.1 Å². The number of alkyl halides is 3. The van der Waals surface area contributed by atoms with Crippen molar-refractivity contribution >= 4 is 16.7 Å². The monoisotopic (exact) mass is 273 g/mol. The average Bonchev–Trinajstić information content (AvgIpc) is 2.77. The second kappa shape index (κ2) is 4.93. The van der Waals surface area contributed by atoms with Crippen LogP contribution < -0.4 is 5.32 Å². The highest BCUT2D eigenvalue weighted by Gasteiger charge is 2.36. The van der Waals surface area contributed by atoms with Crippen LogP contribution >= 0.6 is 11.5 Å². The molecule has 0 aliphatic rings. The Kier molecular flexibility index (Phi) is 3.51. The Morgan fingerprint density at radius 1 is 1.22 bits per heavy atom. The number of nitrogens with zero attached hydrogens (tertiary/aromatic N) is 2. The lowest BCUT2D eigenvalue weighted by Crippen LogP contribution is -2.07. The minimum atomic E-state index is -4.49. The first kappa shape index (κ1) is 12.8. The van der Waals surface area contributed by atoms with Gasteiger partial charge in [0.15, 0.2) is 0 Å². The summed E-state index contributed by atoms with van der Waals surface area (Å²) in [5.41, 5.74) is 2.11. The molecule has 0 saturated carbocycles. The summed E-state index contributed by atoms with van der Waals surface area (Å²) in [6.45, 7) is 2.39. The van der Waals surface area contributed by atoms with Crippen LogP contribution in [0.3, 0.4) is 0 Å². The first-order valence-corrected chi connectivity index (χ1v) is 5.93. The summed E-state index contributed by atoms with van der Waals surface area (Å²) in [6.07, 6.45) is -4.49. The molecule has 3 nitrogen and oxygen atoms in total. The van der Waals surface area contributed by atoms with Crippen molar-refractivity contribution in [3.63, 3.8) is 0 Å². The van der Waals surface area contributed by atoms with Gasteiger partial charge in [-0.25, -0.2) is 0 Å². The third kappa shape index (κ3) is 3.19. The molecule has 0 radical (unpaired) electrons. The lowest BCUT2D eigenvalue weighted by atomic mass is 10.1. The molecule has 0 aliphatic heterocycles. The van der Waals surface area contributed by atoms with E-state index >= 15 is 0 Å². The molecule has 0 amide bonds. The van der Waals surface area contributed by atoms with E-state index in [1.165, 1.54) is 0 Å². The van der Waals surface area contributed by atoms with Crippen molar-refractivity contribution in [3.05, 3.63) is 41.2 Å². The first-order chi connectivity index (χ1) is 8.45. The van der Waals surface area contributed by atoms with Gasteiger partial charge >= 0.3 is 6.18 Å². The Balaban J connectivity index is 1.98. The van der Waals surface area contributed by atoms with E-state index in [4.69, 9.17) is 0 Å². The van der Waals surface area contributed by atoms with Gasteiger partial charge in [-0.15, -0.1) is 0 Å². The highest BCUT2D eigenvalue weighted by Crippen LogP contribution is 2.29. The third-order valence-corrected chi connectivity index (χ3v) is 2.92. The van der Waals surface area contributed by atoms with Crippen molar-refractivity contribution in [1.82, 2.24) is 9.36 Å². The summed E-state index contributed by atoms with van der Waals surface area (Å²) in [7, 11) is 0. The molecule has 2 rings (SSSR count).